The molecular formula is C27H27N5O4S. The van der Waals surface area contributed by atoms with Crippen molar-refractivity contribution in [2.24, 2.45) is 5.10 Å². The maximum atomic E-state index is 12.5. The van der Waals surface area contributed by atoms with E-state index in [0.29, 0.717) is 29.1 Å². The summed E-state index contributed by atoms with van der Waals surface area (Å²) >= 11 is 1.27. The largest absolute Gasteiger partial charge is 0.494 e. The molecule has 0 bridgehead atoms. The molecule has 0 saturated carbocycles. The predicted molar refractivity (Wildman–Crippen MR) is 144 cm³/mol. The van der Waals surface area contributed by atoms with Gasteiger partial charge in [0.2, 0.25) is 0 Å². The van der Waals surface area contributed by atoms with Crippen LogP contribution in [-0.2, 0) is 4.79 Å². The van der Waals surface area contributed by atoms with Crippen LogP contribution in [0.2, 0.25) is 0 Å². The monoisotopic (exact) mass is 517 g/mol. The van der Waals surface area contributed by atoms with Crippen LogP contribution in [0.3, 0.4) is 0 Å². The molecule has 0 fully saturated rings. The van der Waals surface area contributed by atoms with Gasteiger partial charge in [-0.3, -0.25) is 9.36 Å². The maximum Gasteiger partial charge on any atom is 0.250 e. The number of nitrogens with one attached hydrogen (secondary N) is 1. The Morgan fingerprint density at radius 2 is 1.76 bits per heavy atom. The van der Waals surface area contributed by atoms with Crippen LogP contribution >= 0.6 is 11.8 Å². The molecule has 0 aliphatic heterocycles. The van der Waals surface area contributed by atoms with E-state index in [9.17, 15) is 4.79 Å². The summed E-state index contributed by atoms with van der Waals surface area (Å²) < 4.78 is 18.1. The molecule has 1 heterocycles. The summed E-state index contributed by atoms with van der Waals surface area (Å²) in [6.07, 6.45) is 1.58. The number of carbonyl (C=O) groups is 1. The Bertz CT molecular complexity index is 1360. The van der Waals surface area contributed by atoms with Crippen molar-refractivity contribution in [2.75, 3.05) is 26.6 Å². The number of para-hydroxylation sites is 1. The Balaban J connectivity index is 1.49. The Hall–Kier alpha value is -4.31. The Morgan fingerprint density at radius 3 is 2.46 bits per heavy atom. The van der Waals surface area contributed by atoms with Crippen molar-refractivity contribution in [2.45, 2.75) is 12.1 Å². The van der Waals surface area contributed by atoms with E-state index in [1.807, 2.05) is 84.3 Å². The summed E-state index contributed by atoms with van der Waals surface area (Å²) in [7, 11) is 3.17. The molecule has 0 aliphatic rings. The third-order valence-electron chi connectivity index (χ3n) is 5.22. The molecule has 0 unspecified atom stereocenters. The lowest BCUT2D eigenvalue weighted by Gasteiger charge is -2.12. The molecule has 10 heteroatoms. The third kappa shape index (κ3) is 6.47. The van der Waals surface area contributed by atoms with E-state index < -0.39 is 0 Å². The molecule has 9 nitrogen and oxygen atoms in total. The highest BCUT2D eigenvalue weighted by Crippen LogP contribution is 2.34. The van der Waals surface area contributed by atoms with E-state index >= 15 is 0 Å². The van der Waals surface area contributed by atoms with Gasteiger partial charge in [-0.25, -0.2) is 5.43 Å². The minimum Gasteiger partial charge on any atom is -0.494 e. The van der Waals surface area contributed by atoms with Gasteiger partial charge in [-0.2, -0.15) is 5.10 Å². The van der Waals surface area contributed by atoms with Gasteiger partial charge in [-0.05, 0) is 67.1 Å². The van der Waals surface area contributed by atoms with Gasteiger partial charge in [-0.15, -0.1) is 10.2 Å². The van der Waals surface area contributed by atoms with Crippen LogP contribution in [-0.4, -0.2) is 53.5 Å². The third-order valence-corrected chi connectivity index (χ3v) is 6.14. The lowest BCUT2D eigenvalue weighted by Crippen LogP contribution is -2.20. The zero-order valence-electron chi connectivity index (χ0n) is 20.7. The van der Waals surface area contributed by atoms with E-state index in [2.05, 4.69) is 20.7 Å². The van der Waals surface area contributed by atoms with Crippen molar-refractivity contribution >= 4 is 23.9 Å². The van der Waals surface area contributed by atoms with E-state index in [1.165, 1.54) is 11.8 Å². The van der Waals surface area contributed by atoms with Crippen molar-refractivity contribution in [3.05, 3.63) is 78.4 Å². The number of thioether (sulfide) groups is 1. The van der Waals surface area contributed by atoms with Crippen molar-refractivity contribution in [3.63, 3.8) is 0 Å². The molecule has 0 spiro atoms. The Labute approximate surface area is 219 Å². The average molecular weight is 518 g/mol. The molecule has 0 atom stereocenters. The Morgan fingerprint density at radius 1 is 1.00 bits per heavy atom. The van der Waals surface area contributed by atoms with E-state index in [0.717, 1.165) is 22.6 Å². The smallest absolute Gasteiger partial charge is 0.250 e. The molecular weight excluding hydrogens is 490 g/mol. The minimum absolute atomic E-state index is 0.109. The fourth-order valence-electron chi connectivity index (χ4n) is 3.49. The predicted octanol–water partition coefficient (Wildman–Crippen LogP) is 4.59. The van der Waals surface area contributed by atoms with Crippen molar-refractivity contribution in [1.29, 1.82) is 0 Å². The highest BCUT2D eigenvalue weighted by Gasteiger charge is 2.18. The molecule has 1 aromatic heterocycles. The zero-order valence-corrected chi connectivity index (χ0v) is 21.6. The number of nitrogens with zero attached hydrogens (tertiary/aromatic N) is 4. The topological polar surface area (TPSA) is 99.9 Å². The molecule has 4 aromatic rings. The number of aromatic nitrogens is 3. The fourth-order valence-corrected chi connectivity index (χ4v) is 4.24. The number of hydrazone groups is 1. The summed E-state index contributed by atoms with van der Waals surface area (Å²) in [4.78, 5) is 12.5. The van der Waals surface area contributed by atoms with E-state index in [1.54, 1.807) is 20.4 Å². The highest BCUT2D eigenvalue weighted by molar-refractivity contribution is 7.99. The van der Waals surface area contributed by atoms with Crippen LogP contribution in [0.1, 0.15) is 12.5 Å². The van der Waals surface area contributed by atoms with Crippen molar-refractivity contribution in [3.8, 4) is 34.3 Å². The number of hydrogen-bond acceptors (Lipinski definition) is 8. The number of hydrogen-bond donors (Lipinski definition) is 1. The van der Waals surface area contributed by atoms with Crippen molar-refractivity contribution < 1.29 is 19.0 Å². The molecule has 190 valence electrons. The van der Waals surface area contributed by atoms with Gasteiger partial charge < -0.3 is 14.2 Å². The molecule has 3 aromatic carbocycles. The van der Waals surface area contributed by atoms with Crippen LogP contribution < -0.4 is 19.6 Å². The summed E-state index contributed by atoms with van der Waals surface area (Å²) in [5, 5.41) is 13.4. The molecule has 1 amide bonds. The lowest BCUT2D eigenvalue weighted by atomic mass is 10.2. The van der Waals surface area contributed by atoms with Crippen LogP contribution in [0.25, 0.3) is 17.1 Å². The SMILES string of the molecule is CCOc1ccc(/C=N/NC(=O)CSc2nnc(-c3ccc(OC)c(OC)c3)n2-c2ccccc2)cc1. The second kappa shape index (κ2) is 12.6. The van der Waals surface area contributed by atoms with Gasteiger partial charge in [0, 0.05) is 11.3 Å². The molecule has 1 N–H and O–H groups in total. The molecule has 37 heavy (non-hydrogen) atoms. The summed E-state index contributed by atoms with van der Waals surface area (Å²) in [5.41, 5.74) is 5.07. The van der Waals surface area contributed by atoms with Crippen LogP contribution in [0.15, 0.2) is 83.1 Å². The van der Waals surface area contributed by atoms with E-state index in [-0.39, 0.29) is 11.7 Å². The molecule has 4 rings (SSSR count). The van der Waals surface area contributed by atoms with Gasteiger partial charge in [0.15, 0.2) is 22.5 Å². The number of ether oxygens (including phenoxy) is 3. The molecule has 0 saturated heterocycles. The van der Waals surface area contributed by atoms with Gasteiger partial charge in [0.05, 0.1) is 32.8 Å². The fraction of sp³-hybridized carbons (Fsp3) is 0.185. The quantitative estimate of drug-likeness (QED) is 0.176. The summed E-state index contributed by atoms with van der Waals surface area (Å²) in [5.74, 6) is 2.45. The lowest BCUT2D eigenvalue weighted by molar-refractivity contribution is -0.118. The van der Waals surface area contributed by atoms with Crippen LogP contribution in [0.5, 0.6) is 17.2 Å². The first-order chi connectivity index (χ1) is 18.1. The summed E-state index contributed by atoms with van der Waals surface area (Å²) in [6, 6.07) is 22.7. The number of carbonyl (C=O) groups excluding carboxylic acids is 1. The highest BCUT2D eigenvalue weighted by atomic mass is 32.2. The zero-order chi connectivity index (χ0) is 26.0. The van der Waals surface area contributed by atoms with Gasteiger partial charge in [0.25, 0.3) is 5.91 Å². The number of methoxy groups -OCH3 is 2. The first kappa shape index (κ1) is 25.8. The van der Waals surface area contributed by atoms with Gasteiger partial charge in [0.1, 0.15) is 5.75 Å². The van der Waals surface area contributed by atoms with Crippen LogP contribution in [0.4, 0.5) is 0 Å². The minimum atomic E-state index is -0.262. The number of benzene rings is 3. The van der Waals surface area contributed by atoms with Crippen LogP contribution in [0, 0.1) is 0 Å². The summed E-state index contributed by atoms with van der Waals surface area (Å²) in [6.45, 7) is 2.54. The van der Waals surface area contributed by atoms with Gasteiger partial charge >= 0.3 is 0 Å². The van der Waals surface area contributed by atoms with Crippen molar-refractivity contribution in [1.82, 2.24) is 20.2 Å². The second-order valence-corrected chi connectivity index (χ2v) is 8.57. The normalized spacial score (nSPS) is 10.9. The number of amides is 1. The average Bonchev–Trinajstić information content (AvgIpc) is 3.37. The first-order valence-electron chi connectivity index (χ1n) is 11.5. The second-order valence-electron chi connectivity index (χ2n) is 7.63. The molecule has 0 aliphatic carbocycles. The van der Waals surface area contributed by atoms with Gasteiger partial charge in [-0.1, -0.05) is 30.0 Å². The molecule has 0 radical (unpaired) electrons. The standard InChI is InChI=1S/C27H27N5O4S/c1-4-36-22-13-10-19(11-14-22)17-28-29-25(33)18-37-27-31-30-26(32(27)21-8-6-5-7-9-21)20-12-15-23(34-2)24(16-20)35-3/h5-17H,4,18H2,1-3H3,(H,29,33)/b28-17+. The first-order valence-corrected chi connectivity index (χ1v) is 12.5. The Kier molecular flexibility index (Phi) is 8.77. The maximum absolute atomic E-state index is 12.5. The van der Waals surface area contributed by atoms with E-state index in [4.69, 9.17) is 14.2 Å². The number of rotatable bonds is 11.